The minimum Gasteiger partial charge on any atom is -0.404 e. The molecule has 0 bridgehead atoms. The third-order valence-electron chi connectivity index (χ3n) is 0.994. The predicted octanol–water partition coefficient (Wildman–Crippen LogP) is 0.359. The molecule has 0 spiro atoms. The fourth-order valence-electron chi connectivity index (χ4n) is 0.424. The van der Waals surface area contributed by atoms with E-state index in [0.29, 0.717) is 5.57 Å². The molecule has 0 saturated heterocycles. The van der Waals surface area contributed by atoms with Gasteiger partial charge in [0.25, 0.3) is 0 Å². The molecule has 0 aliphatic carbocycles. The number of amides is 1. The maximum absolute atomic E-state index is 10.9. The fourth-order valence-corrected chi connectivity index (χ4v) is 0.424. The van der Waals surface area contributed by atoms with Gasteiger partial charge in [0.1, 0.15) is 0 Å². The van der Waals surface area contributed by atoms with E-state index in [1.165, 1.54) is 11.1 Å². The first-order chi connectivity index (χ1) is 4.09. The Kier molecular flexibility index (Phi) is 6.15. The SMILES string of the molecule is CC(=CN)C(=O)N(C)C.Cl. The Morgan fingerprint density at radius 1 is 1.50 bits per heavy atom. The van der Waals surface area contributed by atoms with Crippen LogP contribution in [-0.2, 0) is 4.79 Å². The van der Waals surface area contributed by atoms with Crippen molar-refractivity contribution in [2.24, 2.45) is 5.73 Å². The third kappa shape index (κ3) is 3.35. The number of halogens is 1. The molecule has 0 rings (SSSR count). The van der Waals surface area contributed by atoms with Crippen LogP contribution in [0.15, 0.2) is 11.8 Å². The standard InChI is InChI=1S/C6H12N2O.ClH/c1-5(4-7)6(9)8(2)3;/h4H,7H2,1-3H3;1H. The summed E-state index contributed by atoms with van der Waals surface area (Å²) in [5.74, 6) is -0.0440. The molecule has 0 heterocycles. The molecule has 1 amide bonds. The normalized spacial score (nSPS) is 10.1. The largest absolute Gasteiger partial charge is 0.404 e. The van der Waals surface area contributed by atoms with Crippen LogP contribution in [0.1, 0.15) is 6.92 Å². The Morgan fingerprint density at radius 3 is 2.00 bits per heavy atom. The summed E-state index contributed by atoms with van der Waals surface area (Å²) in [5, 5.41) is 0. The van der Waals surface area contributed by atoms with Crippen molar-refractivity contribution in [2.45, 2.75) is 6.92 Å². The minimum absolute atomic E-state index is 0. The van der Waals surface area contributed by atoms with Crippen molar-refractivity contribution < 1.29 is 4.79 Å². The van der Waals surface area contributed by atoms with Gasteiger partial charge in [0.05, 0.1) is 0 Å². The number of carbonyl (C=O) groups excluding carboxylic acids is 1. The number of nitrogens with zero attached hydrogens (tertiary/aromatic N) is 1. The van der Waals surface area contributed by atoms with Crippen molar-refractivity contribution >= 4 is 18.3 Å². The lowest BCUT2D eigenvalue weighted by atomic mass is 10.3. The average Bonchev–Trinajstić information content (AvgIpc) is 1.84. The van der Waals surface area contributed by atoms with Gasteiger partial charge < -0.3 is 10.6 Å². The molecule has 0 aliphatic rings. The Hall–Kier alpha value is -0.700. The lowest BCUT2D eigenvalue weighted by Crippen LogP contribution is -2.22. The van der Waals surface area contributed by atoms with Gasteiger partial charge >= 0.3 is 0 Å². The number of likely N-dealkylation sites (N-methyl/N-ethyl adjacent to an activating group) is 1. The van der Waals surface area contributed by atoms with Crippen molar-refractivity contribution in [1.82, 2.24) is 4.90 Å². The molecule has 3 nitrogen and oxygen atoms in total. The van der Waals surface area contributed by atoms with Gasteiger partial charge in [-0.2, -0.15) is 0 Å². The Morgan fingerprint density at radius 2 is 1.90 bits per heavy atom. The monoisotopic (exact) mass is 164 g/mol. The van der Waals surface area contributed by atoms with Crippen LogP contribution in [0.3, 0.4) is 0 Å². The van der Waals surface area contributed by atoms with Gasteiger partial charge in [-0.3, -0.25) is 4.79 Å². The molecule has 0 aliphatic heterocycles. The second-order valence-corrected chi connectivity index (χ2v) is 2.05. The summed E-state index contributed by atoms with van der Waals surface area (Å²) in [5.41, 5.74) is 5.67. The molecule has 0 aromatic carbocycles. The summed E-state index contributed by atoms with van der Waals surface area (Å²) in [6, 6.07) is 0. The van der Waals surface area contributed by atoms with Gasteiger partial charge in [0, 0.05) is 25.9 Å². The molecular formula is C6H13ClN2O. The highest BCUT2D eigenvalue weighted by Gasteiger charge is 2.03. The molecule has 0 fully saturated rings. The molecule has 0 unspecified atom stereocenters. The summed E-state index contributed by atoms with van der Waals surface area (Å²) in [6.07, 6.45) is 1.31. The summed E-state index contributed by atoms with van der Waals surface area (Å²) < 4.78 is 0. The van der Waals surface area contributed by atoms with Crippen molar-refractivity contribution in [3.05, 3.63) is 11.8 Å². The number of rotatable bonds is 1. The van der Waals surface area contributed by atoms with Gasteiger partial charge in [-0.05, 0) is 6.92 Å². The number of carbonyl (C=O) groups is 1. The molecule has 0 radical (unpaired) electrons. The zero-order chi connectivity index (χ0) is 7.44. The van der Waals surface area contributed by atoms with Crippen LogP contribution in [0.25, 0.3) is 0 Å². The molecule has 0 atom stereocenters. The highest BCUT2D eigenvalue weighted by atomic mass is 35.5. The first-order valence-corrected chi connectivity index (χ1v) is 2.69. The molecular weight excluding hydrogens is 152 g/mol. The van der Waals surface area contributed by atoms with Crippen LogP contribution in [-0.4, -0.2) is 24.9 Å². The van der Waals surface area contributed by atoms with Crippen molar-refractivity contribution in [3.63, 3.8) is 0 Å². The van der Waals surface area contributed by atoms with E-state index in [0.717, 1.165) is 0 Å². The van der Waals surface area contributed by atoms with Gasteiger partial charge in [-0.25, -0.2) is 0 Å². The molecule has 0 saturated carbocycles. The van der Waals surface area contributed by atoms with E-state index in [2.05, 4.69) is 0 Å². The van der Waals surface area contributed by atoms with Crippen LogP contribution in [0.5, 0.6) is 0 Å². The van der Waals surface area contributed by atoms with Gasteiger partial charge in [0.2, 0.25) is 5.91 Å². The van der Waals surface area contributed by atoms with E-state index >= 15 is 0 Å². The summed E-state index contributed by atoms with van der Waals surface area (Å²) in [6.45, 7) is 1.68. The third-order valence-corrected chi connectivity index (χ3v) is 0.994. The first-order valence-electron chi connectivity index (χ1n) is 2.69. The van der Waals surface area contributed by atoms with E-state index < -0.39 is 0 Å². The van der Waals surface area contributed by atoms with Crippen LogP contribution in [0.4, 0.5) is 0 Å². The Balaban J connectivity index is 0. The Labute approximate surface area is 67.3 Å². The second kappa shape index (κ2) is 5.11. The maximum atomic E-state index is 10.9. The van der Waals surface area contributed by atoms with Crippen LogP contribution in [0.2, 0.25) is 0 Å². The summed E-state index contributed by atoms with van der Waals surface area (Å²) >= 11 is 0. The van der Waals surface area contributed by atoms with Gasteiger partial charge in [0.15, 0.2) is 0 Å². The predicted molar refractivity (Wildman–Crippen MR) is 43.9 cm³/mol. The Bertz CT molecular complexity index is 143. The number of hydrogen-bond acceptors (Lipinski definition) is 2. The van der Waals surface area contributed by atoms with E-state index in [1.54, 1.807) is 21.0 Å². The average molecular weight is 165 g/mol. The fraction of sp³-hybridized carbons (Fsp3) is 0.500. The second-order valence-electron chi connectivity index (χ2n) is 2.05. The quantitative estimate of drug-likeness (QED) is 0.569. The molecule has 10 heavy (non-hydrogen) atoms. The number of nitrogens with two attached hydrogens (primary N) is 1. The zero-order valence-electron chi connectivity index (χ0n) is 6.42. The van der Waals surface area contributed by atoms with Crippen molar-refractivity contribution in [3.8, 4) is 0 Å². The highest BCUT2D eigenvalue weighted by Crippen LogP contribution is 1.92. The van der Waals surface area contributed by atoms with Gasteiger partial charge in [-0.1, -0.05) is 0 Å². The topological polar surface area (TPSA) is 46.3 Å². The first kappa shape index (κ1) is 12.0. The molecule has 0 aromatic rings. The molecule has 2 N–H and O–H groups in total. The molecule has 60 valence electrons. The van der Waals surface area contributed by atoms with Gasteiger partial charge in [-0.15, -0.1) is 12.4 Å². The van der Waals surface area contributed by atoms with Crippen LogP contribution < -0.4 is 5.73 Å². The highest BCUT2D eigenvalue weighted by molar-refractivity contribution is 5.92. The molecule has 4 heteroatoms. The van der Waals surface area contributed by atoms with Crippen LogP contribution >= 0.6 is 12.4 Å². The van der Waals surface area contributed by atoms with E-state index in [-0.39, 0.29) is 18.3 Å². The van der Waals surface area contributed by atoms with E-state index in [1.807, 2.05) is 0 Å². The van der Waals surface area contributed by atoms with Crippen molar-refractivity contribution in [2.75, 3.05) is 14.1 Å². The number of hydrogen-bond donors (Lipinski definition) is 1. The zero-order valence-corrected chi connectivity index (χ0v) is 7.23. The van der Waals surface area contributed by atoms with Crippen molar-refractivity contribution in [1.29, 1.82) is 0 Å². The van der Waals surface area contributed by atoms with Crippen LogP contribution in [0, 0.1) is 0 Å². The smallest absolute Gasteiger partial charge is 0.250 e. The summed E-state index contributed by atoms with van der Waals surface area (Å²) in [7, 11) is 3.38. The van der Waals surface area contributed by atoms with E-state index in [4.69, 9.17) is 5.73 Å². The van der Waals surface area contributed by atoms with E-state index in [9.17, 15) is 4.79 Å². The molecule has 0 aromatic heterocycles. The summed E-state index contributed by atoms with van der Waals surface area (Å²) in [4.78, 5) is 12.3. The maximum Gasteiger partial charge on any atom is 0.250 e. The minimum atomic E-state index is -0.0440. The lowest BCUT2D eigenvalue weighted by molar-refractivity contribution is -0.124. The lowest BCUT2D eigenvalue weighted by Gasteiger charge is -2.08.